The van der Waals surface area contributed by atoms with Crippen LogP contribution in [-0.2, 0) is 0 Å². The number of nitrogens with one attached hydrogen (secondary N) is 1. The molecule has 1 aromatic rings. The van der Waals surface area contributed by atoms with Crippen molar-refractivity contribution in [3.05, 3.63) is 23.8 Å². The van der Waals surface area contributed by atoms with E-state index in [0.717, 1.165) is 50.5 Å². The molecule has 27 heavy (non-hydrogen) atoms. The summed E-state index contributed by atoms with van der Waals surface area (Å²) in [7, 11) is 0. The molecule has 2 aliphatic rings. The lowest BCUT2D eigenvalue weighted by atomic mass is 9.80. The maximum Gasteiger partial charge on any atom is 0.122 e. The maximum absolute atomic E-state index is 10.9. The highest BCUT2D eigenvalue weighted by Crippen LogP contribution is 2.42. The minimum Gasteiger partial charge on any atom is -0.508 e. The average Bonchev–Trinajstić information content (AvgIpc) is 2.66. The molecule has 2 fully saturated rings. The van der Waals surface area contributed by atoms with Crippen molar-refractivity contribution in [3.8, 4) is 5.75 Å². The minimum atomic E-state index is 0. The first-order valence-electron chi connectivity index (χ1n) is 10.3. The molecule has 2 N–H and O–H groups in total. The van der Waals surface area contributed by atoms with Crippen molar-refractivity contribution in [2.45, 2.75) is 52.0 Å². The Hall–Kier alpha value is -0.680. The van der Waals surface area contributed by atoms with Crippen molar-refractivity contribution >= 4 is 30.5 Å². The van der Waals surface area contributed by atoms with Crippen LogP contribution in [0.5, 0.6) is 5.75 Å². The van der Waals surface area contributed by atoms with Gasteiger partial charge >= 0.3 is 0 Å². The molecule has 0 aromatic heterocycles. The number of hydrogen-bond donors (Lipinski definition) is 2. The second-order valence-electron chi connectivity index (χ2n) is 7.54. The van der Waals surface area contributed by atoms with Crippen LogP contribution in [0.15, 0.2) is 18.2 Å². The molecule has 156 valence electrons. The molecule has 1 saturated carbocycles. The Bertz CT molecular complexity index is 524. The highest BCUT2D eigenvalue weighted by atomic mass is 35.5. The Labute approximate surface area is 177 Å². The Balaban J connectivity index is 0.00000182. The van der Waals surface area contributed by atoms with Gasteiger partial charge in [0, 0.05) is 62.6 Å². The zero-order valence-electron chi connectivity index (χ0n) is 16.8. The van der Waals surface area contributed by atoms with Gasteiger partial charge in [0.15, 0.2) is 0 Å². The zero-order chi connectivity index (χ0) is 17.6. The van der Waals surface area contributed by atoms with Crippen molar-refractivity contribution in [1.29, 1.82) is 0 Å². The van der Waals surface area contributed by atoms with Gasteiger partial charge in [0.05, 0.1) is 0 Å². The van der Waals surface area contributed by atoms with Crippen LogP contribution in [0.4, 0.5) is 5.69 Å². The Kier molecular flexibility index (Phi) is 10.8. The molecule has 0 unspecified atom stereocenters. The number of halogens is 2. The fraction of sp³-hybridized carbons (Fsp3) is 0.714. The van der Waals surface area contributed by atoms with Crippen LogP contribution >= 0.6 is 24.8 Å². The van der Waals surface area contributed by atoms with Gasteiger partial charge in [-0.25, -0.2) is 0 Å². The molecule has 1 atom stereocenters. The van der Waals surface area contributed by atoms with Crippen LogP contribution in [-0.4, -0.2) is 49.3 Å². The first-order chi connectivity index (χ1) is 12.2. The molecule has 6 heteroatoms. The smallest absolute Gasteiger partial charge is 0.122 e. The van der Waals surface area contributed by atoms with Crippen LogP contribution in [0.2, 0.25) is 0 Å². The van der Waals surface area contributed by atoms with Gasteiger partial charge in [-0.05, 0) is 38.7 Å². The molecular formula is C21H37Cl2N3O. The highest BCUT2D eigenvalue weighted by molar-refractivity contribution is 5.85. The quantitative estimate of drug-likeness (QED) is 0.708. The SMILES string of the molecule is CCN(CC)c1ccc([C@@H](C2CCCCC2)N2CCNCC2)c(O)c1.Cl.Cl. The molecule has 0 radical (unpaired) electrons. The van der Waals surface area contributed by atoms with Gasteiger partial charge in [-0.2, -0.15) is 0 Å². The molecule has 0 spiro atoms. The molecule has 1 heterocycles. The van der Waals surface area contributed by atoms with Crippen molar-refractivity contribution in [2.24, 2.45) is 5.92 Å². The third-order valence-corrected chi connectivity index (χ3v) is 6.10. The van der Waals surface area contributed by atoms with E-state index in [1.165, 1.54) is 32.1 Å². The van der Waals surface area contributed by atoms with E-state index in [2.05, 4.69) is 41.1 Å². The van der Waals surface area contributed by atoms with Gasteiger partial charge in [-0.1, -0.05) is 25.3 Å². The lowest BCUT2D eigenvalue weighted by Gasteiger charge is -2.41. The van der Waals surface area contributed by atoms with Crippen LogP contribution in [0.1, 0.15) is 57.6 Å². The largest absolute Gasteiger partial charge is 0.508 e. The number of rotatable bonds is 6. The van der Waals surface area contributed by atoms with E-state index < -0.39 is 0 Å². The minimum absolute atomic E-state index is 0. The second kappa shape index (κ2) is 12.0. The summed E-state index contributed by atoms with van der Waals surface area (Å²) in [5.41, 5.74) is 2.28. The van der Waals surface area contributed by atoms with E-state index in [1.54, 1.807) is 0 Å². The molecule has 3 rings (SSSR count). The van der Waals surface area contributed by atoms with E-state index in [9.17, 15) is 5.11 Å². The number of piperazine rings is 1. The summed E-state index contributed by atoms with van der Waals surface area (Å²) in [6.45, 7) is 10.6. The van der Waals surface area contributed by atoms with E-state index in [-0.39, 0.29) is 24.8 Å². The predicted molar refractivity (Wildman–Crippen MR) is 120 cm³/mol. The molecule has 1 aliphatic carbocycles. The van der Waals surface area contributed by atoms with Gasteiger partial charge in [-0.3, -0.25) is 4.90 Å². The summed E-state index contributed by atoms with van der Waals surface area (Å²) < 4.78 is 0. The first-order valence-corrected chi connectivity index (χ1v) is 10.3. The Morgan fingerprint density at radius 3 is 2.26 bits per heavy atom. The normalized spacial score (nSPS) is 19.6. The molecular weight excluding hydrogens is 381 g/mol. The van der Waals surface area contributed by atoms with Crippen molar-refractivity contribution in [3.63, 3.8) is 0 Å². The number of hydrogen-bond acceptors (Lipinski definition) is 4. The predicted octanol–water partition coefficient (Wildman–Crippen LogP) is 4.61. The summed E-state index contributed by atoms with van der Waals surface area (Å²) in [6, 6.07) is 6.76. The number of aromatic hydroxyl groups is 1. The first kappa shape index (κ1) is 24.4. The summed E-state index contributed by atoms with van der Waals surface area (Å²) in [5, 5.41) is 14.4. The van der Waals surface area contributed by atoms with Gasteiger partial charge in [0.2, 0.25) is 0 Å². The van der Waals surface area contributed by atoms with E-state index >= 15 is 0 Å². The molecule has 0 amide bonds. The summed E-state index contributed by atoms with van der Waals surface area (Å²) in [4.78, 5) is 4.91. The number of phenols is 1. The van der Waals surface area contributed by atoms with Crippen molar-refractivity contribution in [1.82, 2.24) is 10.2 Å². The molecule has 1 aromatic carbocycles. The summed E-state index contributed by atoms with van der Waals surface area (Å²) in [6.07, 6.45) is 6.65. The van der Waals surface area contributed by atoms with E-state index in [1.807, 2.05) is 6.07 Å². The summed E-state index contributed by atoms with van der Waals surface area (Å²) >= 11 is 0. The molecule has 0 bridgehead atoms. The van der Waals surface area contributed by atoms with E-state index in [0.29, 0.717) is 17.7 Å². The Morgan fingerprint density at radius 2 is 1.70 bits per heavy atom. The van der Waals surface area contributed by atoms with Gasteiger partial charge in [0.25, 0.3) is 0 Å². The monoisotopic (exact) mass is 417 g/mol. The third-order valence-electron chi connectivity index (χ3n) is 6.10. The number of nitrogens with zero attached hydrogens (tertiary/aromatic N) is 2. The van der Waals surface area contributed by atoms with Gasteiger partial charge in [0.1, 0.15) is 5.75 Å². The number of anilines is 1. The fourth-order valence-electron chi connectivity index (χ4n) is 4.73. The van der Waals surface area contributed by atoms with Gasteiger partial charge in [-0.15, -0.1) is 24.8 Å². The van der Waals surface area contributed by atoms with Crippen LogP contribution in [0.25, 0.3) is 0 Å². The maximum atomic E-state index is 10.9. The Morgan fingerprint density at radius 1 is 1.07 bits per heavy atom. The van der Waals surface area contributed by atoms with Crippen molar-refractivity contribution < 1.29 is 5.11 Å². The zero-order valence-corrected chi connectivity index (χ0v) is 18.5. The third kappa shape index (κ3) is 5.90. The lowest BCUT2D eigenvalue weighted by Crippen LogP contribution is -2.47. The topological polar surface area (TPSA) is 38.7 Å². The average molecular weight is 418 g/mol. The van der Waals surface area contributed by atoms with Gasteiger partial charge < -0.3 is 15.3 Å². The highest BCUT2D eigenvalue weighted by Gasteiger charge is 2.32. The summed E-state index contributed by atoms with van der Waals surface area (Å²) in [5.74, 6) is 1.16. The molecule has 1 saturated heterocycles. The number of benzene rings is 1. The van der Waals surface area contributed by atoms with Crippen molar-refractivity contribution in [2.75, 3.05) is 44.2 Å². The lowest BCUT2D eigenvalue weighted by molar-refractivity contribution is 0.101. The standard InChI is InChI=1S/C21H35N3O.2ClH/c1-3-23(4-2)18-10-11-19(20(25)16-18)21(17-8-6-5-7-9-17)24-14-12-22-13-15-24;;/h10-11,16-17,21-22,25H,3-9,12-15H2,1-2H3;2*1H/t21-;;/m1../s1. The molecule has 4 nitrogen and oxygen atoms in total. The van der Waals surface area contributed by atoms with Crippen LogP contribution < -0.4 is 10.2 Å². The second-order valence-corrected chi connectivity index (χ2v) is 7.54. The fourth-order valence-corrected chi connectivity index (χ4v) is 4.73. The molecule has 1 aliphatic heterocycles. The van der Waals surface area contributed by atoms with Crippen LogP contribution in [0.3, 0.4) is 0 Å². The number of phenolic OH excluding ortho intramolecular Hbond substituents is 1. The van der Waals surface area contributed by atoms with E-state index in [4.69, 9.17) is 0 Å². The van der Waals surface area contributed by atoms with Crippen LogP contribution in [0, 0.1) is 5.92 Å².